The van der Waals surface area contributed by atoms with E-state index in [2.05, 4.69) is 0 Å². The predicted molar refractivity (Wildman–Crippen MR) is 68.1 cm³/mol. The third-order valence-corrected chi connectivity index (χ3v) is 4.57. The number of hydrogen-bond acceptors (Lipinski definition) is 3. The number of ether oxygens (including phenoxy) is 1. The molecule has 1 saturated heterocycles. The molecule has 1 N–H and O–H groups in total. The van der Waals surface area contributed by atoms with Crippen molar-refractivity contribution >= 4 is 17.7 Å². The quantitative estimate of drug-likeness (QED) is 0.925. The molecule has 0 radical (unpaired) electrons. The van der Waals surface area contributed by atoms with Crippen LogP contribution in [0.1, 0.15) is 29.3 Å². The molecular formula is C13H13F3O3S. The monoisotopic (exact) mass is 306 g/mol. The largest absolute Gasteiger partial charge is 0.478 e. The fourth-order valence-electron chi connectivity index (χ4n) is 2.06. The van der Waals surface area contributed by atoms with Crippen LogP contribution >= 0.6 is 11.8 Å². The van der Waals surface area contributed by atoms with E-state index in [0.717, 1.165) is 18.6 Å². The molecule has 3 nitrogen and oxygen atoms in total. The van der Waals surface area contributed by atoms with Crippen molar-refractivity contribution in [3.63, 3.8) is 0 Å². The molecule has 1 heterocycles. The van der Waals surface area contributed by atoms with Crippen molar-refractivity contribution in [2.24, 2.45) is 0 Å². The average molecular weight is 306 g/mol. The van der Waals surface area contributed by atoms with Gasteiger partial charge >= 0.3 is 12.1 Å². The van der Waals surface area contributed by atoms with E-state index in [1.807, 2.05) is 6.92 Å². The fraction of sp³-hybridized carbons (Fsp3) is 0.462. The molecule has 7 heteroatoms. The Bertz CT molecular complexity index is 516. The second-order valence-electron chi connectivity index (χ2n) is 4.53. The molecule has 0 aromatic heterocycles. The molecule has 2 rings (SSSR count). The summed E-state index contributed by atoms with van der Waals surface area (Å²) in [4.78, 5) is 11.3. The minimum absolute atomic E-state index is 0.0199. The smallest absolute Gasteiger partial charge is 0.417 e. The van der Waals surface area contributed by atoms with Crippen molar-refractivity contribution < 1.29 is 27.8 Å². The third-order valence-electron chi connectivity index (χ3n) is 3.12. The molecule has 2 unspecified atom stereocenters. The van der Waals surface area contributed by atoms with Gasteiger partial charge in [-0.3, -0.25) is 0 Å². The minimum atomic E-state index is -4.68. The average Bonchev–Trinajstić information content (AvgIpc) is 2.73. The molecule has 1 aliphatic heterocycles. The minimum Gasteiger partial charge on any atom is -0.478 e. The van der Waals surface area contributed by atoms with Crippen LogP contribution in [0.5, 0.6) is 0 Å². The summed E-state index contributed by atoms with van der Waals surface area (Å²) in [6, 6.07) is 3.32. The van der Waals surface area contributed by atoms with Crippen molar-refractivity contribution in [2.75, 3.05) is 6.61 Å². The second-order valence-corrected chi connectivity index (χ2v) is 5.84. The Kier molecular flexibility index (Phi) is 4.29. The lowest BCUT2D eigenvalue weighted by Gasteiger charge is -2.16. The van der Waals surface area contributed by atoms with Crippen molar-refractivity contribution in [1.29, 1.82) is 0 Å². The van der Waals surface area contributed by atoms with E-state index in [0.29, 0.717) is 11.5 Å². The van der Waals surface area contributed by atoms with Gasteiger partial charge < -0.3 is 9.84 Å². The Hall–Kier alpha value is -1.21. The van der Waals surface area contributed by atoms with E-state index in [4.69, 9.17) is 9.84 Å². The van der Waals surface area contributed by atoms with Gasteiger partial charge in [-0.25, -0.2) is 4.79 Å². The number of alkyl halides is 3. The van der Waals surface area contributed by atoms with Crippen molar-refractivity contribution in [2.45, 2.75) is 35.8 Å². The fourth-order valence-corrected chi connectivity index (χ4v) is 3.23. The lowest BCUT2D eigenvalue weighted by Crippen LogP contribution is -2.15. The van der Waals surface area contributed by atoms with Gasteiger partial charge in [0.2, 0.25) is 0 Å². The Morgan fingerprint density at radius 2 is 2.15 bits per heavy atom. The van der Waals surface area contributed by atoms with Gasteiger partial charge in [0.15, 0.2) is 0 Å². The Balaban J connectivity index is 2.30. The first-order valence-electron chi connectivity index (χ1n) is 6.02. The zero-order valence-electron chi connectivity index (χ0n) is 10.6. The standard InChI is InChI=1S/C13H13F3O3S/c1-7-11(4-5-19-7)20-8-2-3-9(12(17)18)10(6-8)13(14,15)16/h2-3,6-7,11H,4-5H2,1H3,(H,17,18). The van der Waals surface area contributed by atoms with Crippen molar-refractivity contribution in [1.82, 2.24) is 0 Å². The number of halogens is 3. The zero-order chi connectivity index (χ0) is 14.9. The highest BCUT2D eigenvalue weighted by Gasteiger charge is 2.36. The lowest BCUT2D eigenvalue weighted by atomic mass is 10.1. The molecule has 2 atom stereocenters. The van der Waals surface area contributed by atoms with Gasteiger partial charge in [-0.2, -0.15) is 13.2 Å². The Labute approximate surface area is 118 Å². The number of carboxylic acids is 1. The summed E-state index contributed by atoms with van der Waals surface area (Å²) in [6.07, 6.45) is -3.93. The first-order valence-corrected chi connectivity index (χ1v) is 6.90. The highest BCUT2D eigenvalue weighted by Crippen LogP contribution is 2.38. The molecule has 0 saturated carbocycles. The van der Waals surface area contributed by atoms with E-state index in [1.165, 1.54) is 17.8 Å². The third kappa shape index (κ3) is 3.27. The molecule has 0 amide bonds. The molecule has 1 aromatic rings. The van der Waals surface area contributed by atoms with Crippen LogP contribution in [0, 0.1) is 0 Å². The highest BCUT2D eigenvalue weighted by molar-refractivity contribution is 8.00. The topological polar surface area (TPSA) is 46.5 Å². The normalized spacial score (nSPS) is 23.0. The molecule has 0 spiro atoms. The lowest BCUT2D eigenvalue weighted by molar-refractivity contribution is -0.138. The first-order chi connectivity index (χ1) is 9.29. The maximum atomic E-state index is 12.9. The van der Waals surface area contributed by atoms with Crippen LogP contribution in [-0.4, -0.2) is 29.0 Å². The van der Waals surface area contributed by atoms with Gasteiger partial charge in [0.25, 0.3) is 0 Å². The van der Waals surface area contributed by atoms with Crippen LogP contribution in [-0.2, 0) is 10.9 Å². The number of aromatic carboxylic acids is 1. The zero-order valence-corrected chi connectivity index (χ0v) is 11.4. The van der Waals surface area contributed by atoms with Crippen molar-refractivity contribution in [3.05, 3.63) is 29.3 Å². The van der Waals surface area contributed by atoms with E-state index in [1.54, 1.807) is 0 Å². The number of benzene rings is 1. The van der Waals surface area contributed by atoms with Crippen LogP contribution in [0.4, 0.5) is 13.2 Å². The van der Waals surface area contributed by atoms with E-state index in [9.17, 15) is 18.0 Å². The molecule has 20 heavy (non-hydrogen) atoms. The van der Waals surface area contributed by atoms with Crippen LogP contribution in [0.25, 0.3) is 0 Å². The van der Waals surface area contributed by atoms with Gasteiger partial charge in [-0.1, -0.05) is 0 Å². The molecule has 1 aromatic carbocycles. The summed E-state index contributed by atoms with van der Waals surface area (Å²) in [7, 11) is 0. The molecular weight excluding hydrogens is 293 g/mol. The summed E-state index contributed by atoms with van der Waals surface area (Å²) in [5.41, 5.74) is -1.83. The first kappa shape index (κ1) is 15.2. The SMILES string of the molecule is CC1OCCC1Sc1ccc(C(=O)O)c(C(F)(F)F)c1. The molecule has 1 fully saturated rings. The van der Waals surface area contributed by atoms with Gasteiger partial charge in [0.1, 0.15) is 0 Å². The van der Waals surface area contributed by atoms with Crippen LogP contribution in [0.2, 0.25) is 0 Å². The molecule has 1 aliphatic rings. The second kappa shape index (κ2) is 5.65. The van der Waals surface area contributed by atoms with Crippen molar-refractivity contribution in [3.8, 4) is 0 Å². The number of carboxylic acid groups (broad SMARTS) is 1. The van der Waals surface area contributed by atoms with Gasteiger partial charge in [0.05, 0.1) is 17.2 Å². The molecule has 110 valence electrons. The maximum Gasteiger partial charge on any atom is 0.417 e. The number of thioether (sulfide) groups is 1. The highest BCUT2D eigenvalue weighted by atomic mass is 32.2. The van der Waals surface area contributed by atoms with Gasteiger partial charge in [0, 0.05) is 16.8 Å². The summed E-state index contributed by atoms with van der Waals surface area (Å²) >= 11 is 1.29. The van der Waals surface area contributed by atoms with Crippen LogP contribution < -0.4 is 0 Å². The van der Waals surface area contributed by atoms with Crippen LogP contribution in [0.15, 0.2) is 23.1 Å². The van der Waals surface area contributed by atoms with Crippen LogP contribution in [0.3, 0.4) is 0 Å². The summed E-state index contributed by atoms with van der Waals surface area (Å²) in [6.45, 7) is 2.47. The van der Waals surface area contributed by atoms with E-state index >= 15 is 0 Å². The Morgan fingerprint density at radius 1 is 1.45 bits per heavy atom. The van der Waals surface area contributed by atoms with E-state index < -0.39 is 23.3 Å². The number of rotatable bonds is 3. The summed E-state index contributed by atoms with van der Waals surface area (Å²) < 4.78 is 44.0. The summed E-state index contributed by atoms with van der Waals surface area (Å²) in [5.74, 6) is -1.58. The maximum absolute atomic E-state index is 12.9. The number of carbonyl (C=O) groups is 1. The van der Waals surface area contributed by atoms with E-state index in [-0.39, 0.29) is 11.4 Å². The van der Waals surface area contributed by atoms with Gasteiger partial charge in [-0.15, -0.1) is 11.8 Å². The Morgan fingerprint density at radius 3 is 2.65 bits per heavy atom. The van der Waals surface area contributed by atoms with Gasteiger partial charge in [-0.05, 0) is 31.5 Å². The summed E-state index contributed by atoms with van der Waals surface area (Å²) in [5, 5.41) is 8.91. The molecule has 0 bridgehead atoms. The predicted octanol–water partition coefficient (Wildman–Crippen LogP) is 3.67. The molecule has 0 aliphatic carbocycles. The number of hydrogen-bond donors (Lipinski definition) is 1.